The lowest BCUT2D eigenvalue weighted by molar-refractivity contribution is 0.103. The van der Waals surface area contributed by atoms with Crippen molar-refractivity contribution in [1.82, 2.24) is 4.98 Å². The fraction of sp³-hybridized carbons (Fsp3) is 0.294. The van der Waals surface area contributed by atoms with Crippen molar-refractivity contribution in [2.45, 2.75) is 26.2 Å². The summed E-state index contributed by atoms with van der Waals surface area (Å²) in [6.07, 6.45) is 6.41. The number of pyridine rings is 1. The molecule has 0 atom stereocenters. The monoisotopic (exact) mass is 267 g/mol. The van der Waals surface area contributed by atoms with Gasteiger partial charge in [-0.3, -0.25) is 9.78 Å². The lowest BCUT2D eigenvalue weighted by atomic mass is 9.96. The van der Waals surface area contributed by atoms with E-state index in [0.717, 1.165) is 36.1 Å². The Kier molecular flexibility index (Phi) is 3.50. The summed E-state index contributed by atoms with van der Waals surface area (Å²) < 4.78 is 5.84. The standard InChI is InChI=1S/C17H17NO2/c1-12-10-14-4-2-3-9-20-17(14)15(11-12)16(19)13-5-7-18-8-6-13/h5-8,10-11H,2-4,9H2,1H3. The average Bonchev–Trinajstić information content (AvgIpc) is 2.71. The molecule has 1 aromatic carbocycles. The van der Waals surface area contributed by atoms with Gasteiger partial charge in [-0.15, -0.1) is 0 Å². The molecule has 20 heavy (non-hydrogen) atoms. The second-order valence-electron chi connectivity index (χ2n) is 5.17. The average molecular weight is 267 g/mol. The van der Waals surface area contributed by atoms with Crippen LogP contribution in [0.2, 0.25) is 0 Å². The lowest BCUT2D eigenvalue weighted by Gasteiger charge is -2.13. The van der Waals surface area contributed by atoms with Crippen LogP contribution in [0.15, 0.2) is 36.7 Å². The number of fused-ring (bicyclic) bond motifs is 1. The highest BCUT2D eigenvalue weighted by atomic mass is 16.5. The first-order valence-corrected chi connectivity index (χ1v) is 6.97. The summed E-state index contributed by atoms with van der Waals surface area (Å²) in [5.41, 5.74) is 3.58. The Balaban J connectivity index is 2.09. The van der Waals surface area contributed by atoms with Gasteiger partial charge in [0.15, 0.2) is 5.78 Å². The van der Waals surface area contributed by atoms with Crippen molar-refractivity contribution in [2.75, 3.05) is 6.61 Å². The molecule has 3 nitrogen and oxygen atoms in total. The molecule has 0 amide bonds. The Bertz CT molecular complexity index is 635. The summed E-state index contributed by atoms with van der Waals surface area (Å²) in [7, 11) is 0. The molecule has 0 fully saturated rings. The molecule has 2 heterocycles. The van der Waals surface area contributed by atoms with E-state index in [0.29, 0.717) is 17.7 Å². The molecule has 102 valence electrons. The van der Waals surface area contributed by atoms with E-state index in [1.54, 1.807) is 24.5 Å². The summed E-state index contributed by atoms with van der Waals surface area (Å²) in [5, 5.41) is 0. The summed E-state index contributed by atoms with van der Waals surface area (Å²) >= 11 is 0. The normalized spacial score (nSPS) is 14.1. The molecule has 0 saturated heterocycles. The molecular weight excluding hydrogens is 250 g/mol. The van der Waals surface area contributed by atoms with Gasteiger partial charge in [-0.05, 0) is 55.5 Å². The summed E-state index contributed by atoms with van der Waals surface area (Å²) in [4.78, 5) is 16.6. The fourth-order valence-corrected chi connectivity index (χ4v) is 2.62. The number of nitrogens with zero attached hydrogens (tertiary/aromatic N) is 1. The molecule has 0 bridgehead atoms. The zero-order valence-corrected chi connectivity index (χ0v) is 11.6. The number of hydrogen-bond acceptors (Lipinski definition) is 3. The van der Waals surface area contributed by atoms with E-state index in [1.165, 1.54) is 0 Å². The molecule has 3 heteroatoms. The van der Waals surface area contributed by atoms with E-state index in [4.69, 9.17) is 4.74 Å². The maximum atomic E-state index is 12.7. The smallest absolute Gasteiger partial charge is 0.196 e. The highest BCUT2D eigenvalue weighted by molar-refractivity contribution is 6.11. The zero-order valence-electron chi connectivity index (χ0n) is 11.6. The quantitative estimate of drug-likeness (QED) is 0.783. The minimum Gasteiger partial charge on any atom is -0.493 e. The van der Waals surface area contributed by atoms with E-state index < -0.39 is 0 Å². The third-order valence-electron chi connectivity index (χ3n) is 3.58. The van der Waals surface area contributed by atoms with Crippen molar-refractivity contribution in [2.24, 2.45) is 0 Å². The molecular formula is C17H17NO2. The maximum Gasteiger partial charge on any atom is 0.196 e. The zero-order chi connectivity index (χ0) is 13.9. The second kappa shape index (κ2) is 5.45. The second-order valence-corrected chi connectivity index (χ2v) is 5.17. The van der Waals surface area contributed by atoms with Crippen LogP contribution in [-0.4, -0.2) is 17.4 Å². The van der Waals surface area contributed by atoms with Gasteiger partial charge in [0.05, 0.1) is 12.2 Å². The third kappa shape index (κ3) is 2.44. The summed E-state index contributed by atoms with van der Waals surface area (Å²) in [6.45, 7) is 2.71. The fourth-order valence-electron chi connectivity index (χ4n) is 2.62. The Morgan fingerprint density at radius 2 is 2.00 bits per heavy atom. The molecule has 0 spiro atoms. The Morgan fingerprint density at radius 3 is 2.80 bits per heavy atom. The SMILES string of the molecule is Cc1cc2c(c(C(=O)c3ccncc3)c1)OCCCC2. The van der Waals surface area contributed by atoms with Crippen LogP contribution in [0.25, 0.3) is 0 Å². The molecule has 2 aromatic rings. The van der Waals surface area contributed by atoms with Crippen LogP contribution in [-0.2, 0) is 6.42 Å². The molecule has 3 rings (SSSR count). The molecule has 0 saturated carbocycles. The lowest BCUT2D eigenvalue weighted by Crippen LogP contribution is -2.07. The van der Waals surface area contributed by atoms with Crippen molar-refractivity contribution < 1.29 is 9.53 Å². The summed E-state index contributed by atoms with van der Waals surface area (Å²) in [5.74, 6) is 0.782. The summed E-state index contributed by atoms with van der Waals surface area (Å²) in [6, 6.07) is 7.54. The first kappa shape index (κ1) is 12.9. The number of ether oxygens (including phenoxy) is 1. The van der Waals surface area contributed by atoms with Gasteiger partial charge in [-0.25, -0.2) is 0 Å². The van der Waals surface area contributed by atoms with Gasteiger partial charge in [0.1, 0.15) is 5.75 Å². The number of rotatable bonds is 2. The van der Waals surface area contributed by atoms with Crippen LogP contribution < -0.4 is 4.74 Å². The third-order valence-corrected chi connectivity index (χ3v) is 3.58. The van der Waals surface area contributed by atoms with Gasteiger partial charge in [0, 0.05) is 18.0 Å². The topological polar surface area (TPSA) is 39.2 Å². The van der Waals surface area contributed by atoms with E-state index in [1.807, 2.05) is 13.0 Å². The number of hydrogen-bond donors (Lipinski definition) is 0. The van der Waals surface area contributed by atoms with Crippen LogP contribution in [0.4, 0.5) is 0 Å². The van der Waals surface area contributed by atoms with E-state index in [2.05, 4.69) is 11.1 Å². The first-order valence-electron chi connectivity index (χ1n) is 6.97. The molecule has 0 unspecified atom stereocenters. The van der Waals surface area contributed by atoms with Crippen molar-refractivity contribution in [3.8, 4) is 5.75 Å². The molecule has 0 radical (unpaired) electrons. The Labute approximate surface area is 118 Å². The molecule has 1 aromatic heterocycles. The van der Waals surface area contributed by atoms with Gasteiger partial charge < -0.3 is 4.74 Å². The molecule has 1 aliphatic rings. The largest absolute Gasteiger partial charge is 0.493 e. The first-order chi connectivity index (χ1) is 9.75. The van der Waals surface area contributed by atoms with Crippen LogP contribution in [0.3, 0.4) is 0 Å². The van der Waals surface area contributed by atoms with Crippen LogP contribution in [0.1, 0.15) is 39.9 Å². The number of carbonyl (C=O) groups excluding carboxylic acids is 1. The minimum absolute atomic E-state index is 0.00856. The highest BCUT2D eigenvalue weighted by Gasteiger charge is 2.20. The molecule has 0 aliphatic carbocycles. The Hall–Kier alpha value is -2.16. The minimum atomic E-state index is 0.00856. The molecule has 0 N–H and O–H groups in total. The van der Waals surface area contributed by atoms with Gasteiger partial charge in [0.25, 0.3) is 0 Å². The number of ketones is 1. The predicted molar refractivity (Wildman–Crippen MR) is 77.3 cm³/mol. The maximum absolute atomic E-state index is 12.7. The van der Waals surface area contributed by atoms with Gasteiger partial charge in [0.2, 0.25) is 0 Å². The highest BCUT2D eigenvalue weighted by Crippen LogP contribution is 2.31. The predicted octanol–water partition coefficient (Wildman–Crippen LogP) is 3.34. The number of aromatic nitrogens is 1. The van der Waals surface area contributed by atoms with Crippen LogP contribution in [0, 0.1) is 6.92 Å². The number of aryl methyl sites for hydroxylation is 2. The van der Waals surface area contributed by atoms with E-state index in [9.17, 15) is 4.79 Å². The number of benzene rings is 1. The van der Waals surface area contributed by atoms with Crippen LogP contribution in [0.5, 0.6) is 5.75 Å². The van der Waals surface area contributed by atoms with Crippen molar-refractivity contribution >= 4 is 5.78 Å². The number of carbonyl (C=O) groups is 1. The van der Waals surface area contributed by atoms with E-state index >= 15 is 0 Å². The van der Waals surface area contributed by atoms with Gasteiger partial charge in [-0.2, -0.15) is 0 Å². The van der Waals surface area contributed by atoms with Crippen molar-refractivity contribution in [3.05, 3.63) is 58.9 Å². The Morgan fingerprint density at radius 1 is 1.20 bits per heavy atom. The van der Waals surface area contributed by atoms with Gasteiger partial charge >= 0.3 is 0 Å². The van der Waals surface area contributed by atoms with E-state index in [-0.39, 0.29) is 5.78 Å². The van der Waals surface area contributed by atoms with Crippen molar-refractivity contribution in [3.63, 3.8) is 0 Å². The van der Waals surface area contributed by atoms with Crippen LogP contribution >= 0.6 is 0 Å². The van der Waals surface area contributed by atoms with Gasteiger partial charge in [-0.1, -0.05) is 6.07 Å². The van der Waals surface area contributed by atoms with Crippen molar-refractivity contribution in [1.29, 1.82) is 0 Å². The molecule has 1 aliphatic heterocycles.